The minimum atomic E-state index is 0.0457. The molecule has 1 rings (SSSR count). The summed E-state index contributed by atoms with van der Waals surface area (Å²) in [7, 11) is 3.37. The van der Waals surface area contributed by atoms with Crippen LogP contribution in [-0.4, -0.2) is 44.0 Å². The van der Waals surface area contributed by atoms with Crippen molar-refractivity contribution in [1.29, 1.82) is 0 Å². The first kappa shape index (κ1) is 16.9. The van der Waals surface area contributed by atoms with Gasteiger partial charge in [0.1, 0.15) is 0 Å². The smallest absolute Gasteiger partial charge is 0.0976 e. The molecule has 5 nitrogen and oxygen atoms in total. The van der Waals surface area contributed by atoms with Crippen molar-refractivity contribution in [2.24, 2.45) is 0 Å². The third-order valence-electron chi connectivity index (χ3n) is 2.84. The number of nitrogens with one attached hydrogen (secondary N) is 2. The molecule has 0 radical (unpaired) electrons. The Morgan fingerprint density at radius 1 is 1.30 bits per heavy atom. The number of aromatic nitrogens is 1. The second-order valence-electron chi connectivity index (χ2n) is 5.83. The van der Waals surface area contributed by atoms with E-state index in [1.54, 1.807) is 14.2 Å². The molecule has 1 atom stereocenters. The summed E-state index contributed by atoms with van der Waals surface area (Å²) in [6.45, 7) is 8.47. The van der Waals surface area contributed by atoms with Crippen molar-refractivity contribution >= 4 is 5.69 Å². The number of rotatable bonds is 8. The Morgan fingerprint density at radius 2 is 2.05 bits per heavy atom. The zero-order chi connectivity index (χ0) is 15.0. The fourth-order valence-corrected chi connectivity index (χ4v) is 1.67. The van der Waals surface area contributed by atoms with Crippen LogP contribution in [-0.2, 0) is 16.0 Å². The first-order chi connectivity index (χ1) is 9.44. The fourth-order valence-electron chi connectivity index (χ4n) is 1.67. The van der Waals surface area contributed by atoms with Crippen LogP contribution in [0.3, 0.4) is 0 Å². The van der Waals surface area contributed by atoms with Gasteiger partial charge in [-0.1, -0.05) is 0 Å². The Hall–Kier alpha value is -1.17. The quantitative estimate of drug-likeness (QED) is 0.764. The SMILES string of the molecule is COCC(CNc1ccnc(CNC(C)(C)C)c1)OC. The highest BCUT2D eigenvalue weighted by Gasteiger charge is 2.10. The zero-order valence-corrected chi connectivity index (χ0v) is 13.2. The number of hydrogen-bond acceptors (Lipinski definition) is 5. The predicted molar refractivity (Wildman–Crippen MR) is 82.0 cm³/mol. The van der Waals surface area contributed by atoms with Crippen molar-refractivity contribution in [2.45, 2.75) is 39.0 Å². The minimum Gasteiger partial charge on any atom is -0.382 e. The van der Waals surface area contributed by atoms with Crippen LogP contribution in [0, 0.1) is 0 Å². The van der Waals surface area contributed by atoms with Crippen LogP contribution in [0.25, 0.3) is 0 Å². The highest BCUT2D eigenvalue weighted by Crippen LogP contribution is 2.10. The van der Waals surface area contributed by atoms with Gasteiger partial charge in [0, 0.05) is 44.7 Å². The third kappa shape index (κ3) is 6.84. The monoisotopic (exact) mass is 281 g/mol. The summed E-state index contributed by atoms with van der Waals surface area (Å²) in [5.41, 5.74) is 2.15. The highest BCUT2D eigenvalue weighted by molar-refractivity contribution is 5.43. The van der Waals surface area contributed by atoms with Gasteiger partial charge in [0.15, 0.2) is 0 Å². The molecule has 0 aliphatic carbocycles. The number of anilines is 1. The van der Waals surface area contributed by atoms with Crippen LogP contribution in [0.2, 0.25) is 0 Å². The lowest BCUT2D eigenvalue weighted by molar-refractivity contribution is 0.0365. The van der Waals surface area contributed by atoms with Gasteiger partial charge in [-0.15, -0.1) is 0 Å². The van der Waals surface area contributed by atoms with E-state index in [0.29, 0.717) is 13.2 Å². The van der Waals surface area contributed by atoms with E-state index < -0.39 is 0 Å². The van der Waals surface area contributed by atoms with Gasteiger partial charge in [0.25, 0.3) is 0 Å². The topological polar surface area (TPSA) is 55.4 Å². The lowest BCUT2D eigenvalue weighted by atomic mass is 10.1. The van der Waals surface area contributed by atoms with E-state index in [1.165, 1.54) is 0 Å². The summed E-state index contributed by atoms with van der Waals surface area (Å²) in [5.74, 6) is 0. The molecule has 114 valence electrons. The molecule has 0 bridgehead atoms. The van der Waals surface area contributed by atoms with Crippen molar-refractivity contribution in [3.8, 4) is 0 Å². The van der Waals surface area contributed by atoms with E-state index >= 15 is 0 Å². The molecule has 1 aromatic rings. The van der Waals surface area contributed by atoms with Gasteiger partial charge in [-0.2, -0.15) is 0 Å². The minimum absolute atomic E-state index is 0.0457. The van der Waals surface area contributed by atoms with Crippen LogP contribution in [0.1, 0.15) is 26.5 Å². The summed E-state index contributed by atoms with van der Waals surface area (Å²) >= 11 is 0. The second-order valence-corrected chi connectivity index (χ2v) is 5.83. The zero-order valence-electron chi connectivity index (χ0n) is 13.2. The summed E-state index contributed by atoms with van der Waals surface area (Å²) in [6, 6.07) is 4.01. The molecule has 0 aliphatic rings. The van der Waals surface area contributed by atoms with Gasteiger partial charge in [-0.25, -0.2) is 0 Å². The number of ether oxygens (including phenoxy) is 2. The Labute approximate surface area is 122 Å². The molecule has 5 heteroatoms. The lowest BCUT2D eigenvalue weighted by Crippen LogP contribution is -2.35. The molecule has 0 saturated carbocycles. The Balaban J connectivity index is 2.51. The molecule has 0 fully saturated rings. The molecule has 0 saturated heterocycles. The van der Waals surface area contributed by atoms with Gasteiger partial charge in [-0.3, -0.25) is 4.98 Å². The standard InChI is InChI=1S/C15H27N3O2/c1-15(2,3)18-9-13-8-12(6-7-16-13)17-10-14(20-5)11-19-4/h6-8,14,18H,9-11H2,1-5H3,(H,16,17). The molecule has 0 spiro atoms. The molecule has 1 heterocycles. The van der Waals surface area contributed by atoms with Crippen LogP contribution >= 0.6 is 0 Å². The van der Waals surface area contributed by atoms with E-state index in [4.69, 9.17) is 9.47 Å². The van der Waals surface area contributed by atoms with E-state index in [1.807, 2.05) is 12.3 Å². The average molecular weight is 281 g/mol. The van der Waals surface area contributed by atoms with E-state index in [0.717, 1.165) is 17.9 Å². The summed E-state index contributed by atoms with van der Waals surface area (Å²) in [6.07, 6.45) is 1.87. The molecule has 1 unspecified atom stereocenters. The van der Waals surface area contributed by atoms with Crippen LogP contribution in [0.15, 0.2) is 18.3 Å². The summed E-state index contributed by atoms with van der Waals surface area (Å²) in [4.78, 5) is 4.37. The molecule has 0 amide bonds. The summed E-state index contributed by atoms with van der Waals surface area (Å²) < 4.78 is 10.4. The molecule has 20 heavy (non-hydrogen) atoms. The molecule has 0 aliphatic heterocycles. The lowest BCUT2D eigenvalue weighted by Gasteiger charge is -2.20. The third-order valence-corrected chi connectivity index (χ3v) is 2.84. The van der Waals surface area contributed by atoms with Gasteiger partial charge in [0.2, 0.25) is 0 Å². The Kier molecular flexibility index (Phi) is 6.91. The van der Waals surface area contributed by atoms with Crippen LogP contribution in [0.5, 0.6) is 0 Å². The normalized spacial score (nSPS) is 13.2. The van der Waals surface area contributed by atoms with Crippen molar-refractivity contribution in [3.05, 3.63) is 24.0 Å². The first-order valence-corrected chi connectivity index (χ1v) is 6.90. The molecule has 0 aromatic carbocycles. The summed E-state index contributed by atoms with van der Waals surface area (Å²) in [5, 5.41) is 6.77. The van der Waals surface area contributed by atoms with Crippen molar-refractivity contribution in [3.63, 3.8) is 0 Å². The fraction of sp³-hybridized carbons (Fsp3) is 0.667. The maximum absolute atomic E-state index is 5.32. The molecular weight excluding hydrogens is 254 g/mol. The molecule has 2 N–H and O–H groups in total. The molecular formula is C15H27N3O2. The van der Waals surface area contributed by atoms with Crippen molar-refractivity contribution in [2.75, 3.05) is 32.7 Å². The van der Waals surface area contributed by atoms with Gasteiger partial charge in [0.05, 0.1) is 18.4 Å². The van der Waals surface area contributed by atoms with Gasteiger partial charge < -0.3 is 20.1 Å². The average Bonchev–Trinajstić information content (AvgIpc) is 2.41. The Bertz CT molecular complexity index is 391. The number of pyridine rings is 1. The van der Waals surface area contributed by atoms with Crippen molar-refractivity contribution in [1.82, 2.24) is 10.3 Å². The predicted octanol–water partition coefficient (Wildman–Crippen LogP) is 2.04. The number of nitrogens with zero attached hydrogens (tertiary/aromatic N) is 1. The van der Waals surface area contributed by atoms with E-state index in [2.05, 4.69) is 42.5 Å². The first-order valence-electron chi connectivity index (χ1n) is 6.90. The maximum atomic E-state index is 5.32. The van der Waals surface area contributed by atoms with Gasteiger partial charge >= 0.3 is 0 Å². The van der Waals surface area contributed by atoms with Gasteiger partial charge in [-0.05, 0) is 32.9 Å². The maximum Gasteiger partial charge on any atom is 0.0976 e. The highest BCUT2D eigenvalue weighted by atomic mass is 16.5. The van der Waals surface area contributed by atoms with E-state index in [9.17, 15) is 0 Å². The number of hydrogen-bond donors (Lipinski definition) is 2. The van der Waals surface area contributed by atoms with E-state index in [-0.39, 0.29) is 11.6 Å². The number of methoxy groups -OCH3 is 2. The largest absolute Gasteiger partial charge is 0.382 e. The second kappa shape index (κ2) is 8.19. The van der Waals surface area contributed by atoms with Crippen molar-refractivity contribution < 1.29 is 9.47 Å². The Morgan fingerprint density at radius 3 is 2.65 bits per heavy atom. The molecule has 1 aromatic heterocycles. The van der Waals surface area contributed by atoms with Crippen LogP contribution < -0.4 is 10.6 Å². The van der Waals surface area contributed by atoms with Crippen LogP contribution in [0.4, 0.5) is 5.69 Å².